The summed E-state index contributed by atoms with van der Waals surface area (Å²) >= 11 is 7.09. The van der Waals surface area contributed by atoms with Crippen LogP contribution < -0.4 is 5.32 Å². The molecule has 0 heterocycles. The van der Waals surface area contributed by atoms with Crippen LogP contribution in [0, 0.1) is 0 Å². The van der Waals surface area contributed by atoms with Gasteiger partial charge in [0.25, 0.3) is 0 Å². The number of halogens is 2. The molecule has 0 aliphatic rings. The molecule has 0 aliphatic carbocycles. The average molecular weight is 378 g/mol. The van der Waals surface area contributed by atoms with Gasteiger partial charge in [0, 0.05) is 15.0 Å². The Kier molecular flexibility index (Phi) is 7.46. The number of unbranched alkanes of at least 4 members (excludes halogenated alkanes) is 1. The van der Waals surface area contributed by atoms with Crippen LogP contribution in [0.2, 0.25) is 0 Å². The lowest BCUT2D eigenvalue weighted by atomic mass is 10.1. The van der Waals surface area contributed by atoms with Gasteiger partial charge >= 0.3 is 0 Å². The molecule has 0 aromatic heterocycles. The van der Waals surface area contributed by atoms with Crippen molar-refractivity contribution in [2.45, 2.75) is 25.8 Å². The van der Waals surface area contributed by atoms with Crippen LogP contribution in [-0.4, -0.2) is 32.1 Å². The summed E-state index contributed by atoms with van der Waals surface area (Å²) < 4.78 is 2.27. The van der Waals surface area contributed by atoms with Gasteiger partial charge in [0.05, 0.1) is 0 Å². The molecule has 0 aliphatic heterocycles. The third-order valence-corrected chi connectivity index (χ3v) is 4.09. The van der Waals surface area contributed by atoms with Gasteiger partial charge in [-0.25, -0.2) is 0 Å². The van der Waals surface area contributed by atoms with E-state index in [1.54, 1.807) is 0 Å². The normalized spacial score (nSPS) is 13.0. The van der Waals surface area contributed by atoms with Gasteiger partial charge in [-0.3, -0.25) is 0 Å². The van der Waals surface area contributed by atoms with E-state index in [4.69, 9.17) is 0 Å². The zero-order chi connectivity index (χ0) is 13.5. The van der Waals surface area contributed by atoms with Crippen LogP contribution in [-0.2, 0) is 0 Å². The van der Waals surface area contributed by atoms with E-state index in [1.807, 2.05) is 0 Å². The van der Waals surface area contributed by atoms with Gasteiger partial charge in [-0.15, -0.1) is 0 Å². The van der Waals surface area contributed by atoms with Gasteiger partial charge in [0.15, 0.2) is 0 Å². The first kappa shape index (κ1) is 16.2. The summed E-state index contributed by atoms with van der Waals surface area (Å²) in [5.41, 5.74) is 1.31. The number of benzene rings is 1. The van der Waals surface area contributed by atoms with Crippen molar-refractivity contribution in [3.63, 3.8) is 0 Å². The number of hydrogen-bond acceptors (Lipinski definition) is 2. The molecule has 0 fully saturated rings. The third-order valence-electron chi connectivity index (χ3n) is 2.91. The summed E-state index contributed by atoms with van der Waals surface area (Å²) in [5, 5.41) is 3.57. The summed E-state index contributed by atoms with van der Waals surface area (Å²) in [7, 11) is 4.24. The van der Waals surface area contributed by atoms with E-state index in [0.29, 0.717) is 6.04 Å². The Morgan fingerprint density at radius 3 is 2.56 bits per heavy atom. The van der Waals surface area contributed by atoms with Crippen molar-refractivity contribution >= 4 is 31.9 Å². The Hall–Kier alpha value is 0.1000. The highest BCUT2D eigenvalue weighted by Gasteiger charge is 2.08. The predicted molar refractivity (Wildman–Crippen MR) is 86.0 cm³/mol. The van der Waals surface area contributed by atoms with E-state index in [-0.39, 0.29) is 0 Å². The summed E-state index contributed by atoms with van der Waals surface area (Å²) in [6.07, 6.45) is 2.46. The molecule has 0 radical (unpaired) electrons. The summed E-state index contributed by atoms with van der Waals surface area (Å²) in [4.78, 5) is 2.23. The van der Waals surface area contributed by atoms with Crippen LogP contribution >= 0.6 is 31.9 Å². The Bertz CT molecular complexity index is 367. The van der Waals surface area contributed by atoms with E-state index in [1.165, 1.54) is 18.4 Å². The molecule has 1 aromatic rings. The molecule has 1 atom stereocenters. The molecule has 0 spiro atoms. The minimum Gasteiger partial charge on any atom is -0.310 e. The van der Waals surface area contributed by atoms with Crippen molar-refractivity contribution in [1.29, 1.82) is 0 Å². The van der Waals surface area contributed by atoms with E-state index in [2.05, 4.69) is 81.3 Å². The summed E-state index contributed by atoms with van der Waals surface area (Å²) in [6.45, 7) is 4.44. The number of hydrogen-bond donors (Lipinski definition) is 1. The van der Waals surface area contributed by atoms with Crippen LogP contribution in [0.15, 0.2) is 27.1 Å². The first-order valence-corrected chi connectivity index (χ1v) is 7.92. The summed E-state index contributed by atoms with van der Waals surface area (Å²) in [5.74, 6) is 0. The van der Waals surface area contributed by atoms with Gasteiger partial charge in [-0.2, -0.15) is 0 Å². The molecule has 1 N–H and O–H groups in total. The van der Waals surface area contributed by atoms with Gasteiger partial charge in [0.1, 0.15) is 0 Å². The molecular weight excluding hydrogens is 356 g/mol. The highest BCUT2D eigenvalue weighted by Crippen LogP contribution is 2.26. The first-order chi connectivity index (χ1) is 8.50. The monoisotopic (exact) mass is 376 g/mol. The first-order valence-electron chi connectivity index (χ1n) is 6.33. The van der Waals surface area contributed by atoms with Crippen molar-refractivity contribution in [2.24, 2.45) is 0 Å². The SMILES string of the molecule is CC(NCCCCN(C)C)c1ccc(Br)cc1Br. The van der Waals surface area contributed by atoms with Crippen molar-refractivity contribution in [3.8, 4) is 0 Å². The highest BCUT2D eigenvalue weighted by atomic mass is 79.9. The van der Waals surface area contributed by atoms with Crippen LogP contribution in [0.25, 0.3) is 0 Å². The topological polar surface area (TPSA) is 15.3 Å². The zero-order valence-electron chi connectivity index (χ0n) is 11.3. The van der Waals surface area contributed by atoms with Gasteiger partial charge in [-0.1, -0.05) is 37.9 Å². The minimum absolute atomic E-state index is 0.381. The predicted octanol–water partition coefficient (Wildman–Crippen LogP) is 4.20. The lowest BCUT2D eigenvalue weighted by molar-refractivity contribution is 0.389. The smallest absolute Gasteiger partial charge is 0.0302 e. The second-order valence-corrected chi connectivity index (χ2v) is 6.62. The Morgan fingerprint density at radius 1 is 1.22 bits per heavy atom. The van der Waals surface area contributed by atoms with Crippen molar-refractivity contribution < 1.29 is 0 Å². The fourth-order valence-electron chi connectivity index (χ4n) is 1.83. The second kappa shape index (κ2) is 8.31. The fraction of sp³-hybridized carbons (Fsp3) is 0.571. The molecule has 102 valence electrons. The van der Waals surface area contributed by atoms with Crippen LogP contribution in [0.3, 0.4) is 0 Å². The molecule has 18 heavy (non-hydrogen) atoms. The molecule has 0 amide bonds. The second-order valence-electron chi connectivity index (χ2n) is 4.85. The summed E-state index contributed by atoms with van der Waals surface area (Å²) in [6, 6.07) is 6.72. The zero-order valence-corrected chi connectivity index (χ0v) is 14.5. The average Bonchev–Trinajstić information content (AvgIpc) is 2.27. The van der Waals surface area contributed by atoms with E-state index < -0.39 is 0 Å². The molecule has 1 rings (SSSR count). The molecule has 1 aromatic carbocycles. The lowest BCUT2D eigenvalue weighted by Gasteiger charge is -2.16. The maximum atomic E-state index is 3.61. The van der Waals surface area contributed by atoms with Crippen molar-refractivity contribution in [1.82, 2.24) is 10.2 Å². The molecule has 4 heteroatoms. The molecular formula is C14H22Br2N2. The fourth-order valence-corrected chi connectivity index (χ4v) is 3.22. The maximum Gasteiger partial charge on any atom is 0.0302 e. The van der Waals surface area contributed by atoms with E-state index in [9.17, 15) is 0 Å². The molecule has 2 nitrogen and oxygen atoms in total. The van der Waals surface area contributed by atoms with E-state index >= 15 is 0 Å². The van der Waals surface area contributed by atoms with Crippen molar-refractivity contribution in [2.75, 3.05) is 27.2 Å². The van der Waals surface area contributed by atoms with Crippen LogP contribution in [0.4, 0.5) is 0 Å². The Labute approximate surface area is 127 Å². The number of rotatable bonds is 7. The number of nitrogens with zero attached hydrogens (tertiary/aromatic N) is 1. The van der Waals surface area contributed by atoms with Crippen LogP contribution in [0.5, 0.6) is 0 Å². The van der Waals surface area contributed by atoms with Crippen molar-refractivity contribution in [3.05, 3.63) is 32.7 Å². The van der Waals surface area contributed by atoms with E-state index in [0.717, 1.165) is 22.0 Å². The molecule has 0 bridgehead atoms. The highest BCUT2D eigenvalue weighted by molar-refractivity contribution is 9.11. The number of nitrogens with one attached hydrogen (secondary N) is 1. The quantitative estimate of drug-likeness (QED) is 0.716. The van der Waals surface area contributed by atoms with Gasteiger partial charge < -0.3 is 10.2 Å². The Morgan fingerprint density at radius 2 is 1.94 bits per heavy atom. The van der Waals surface area contributed by atoms with Crippen LogP contribution in [0.1, 0.15) is 31.4 Å². The minimum atomic E-state index is 0.381. The van der Waals surface area contributed by atoms with Gasteiger partial charge in [0.2, 0.25) is 0 Å². The molecule has 0 saturated heterocycles. The molecule has 0 saturated carbocycles. The molecule has 1 unspecified atom stereocenters. The van der Waals surface area contributed by atoms with Gasteiger partial charge in [-0.05, 0) is 64.6 Å². The maximum absolute atomic E-state index is 3.61. The lowest BCUT2D eigenvalue weighted by Crippen LogP contribution is -2.21. The third kappa shape index (κ3) is 5.83. The standard InChI is InChI=1S/C14H22Br2N2/c1-11(17-8-4-5-9-18(2)3)13-7-6-12(15)10-14(13)16/h6-7,10-11,17H,4-5,8-9H2,1-3H3. The largest absolute Gasteiger partial charge is 0.310 e. The Balaban J connectivity index is 2.34.